The molecule has 0 aromatic carbocycles. The lowest BCUT2D eigenvalue weighted by Gasteiger charge is -2.32. The zero-order valence-electron chi connectivity index (χ0n) is 16.9. The van der Waals surface area contributed by atoms with E-state index in [9.17, 15) is 9.59 Å². The van der Waals surface area contributed by atoms with E-state index in [0.29, 0.717) is 24.7 Å². The zero-order chi connectivity index (χ0) is 20.5. The van der Waals surface area contributed by atoms with Crippen LogP contribution in [0.2, 0.25) is 0 Å². The fraction of sp³-hybridized carbons (Fsp3) is 0.684. The van der Waals surface area contributed by atoms with Gasteiger partial charge in [-0.3, -0.25) is 0 Å². The number of esters is 2. The van der Waals surface area contributed by atoms with E-state index in [4.69, 9.17) is 9.47 Å². The molecule has 1 fully saturated rings. The first-order chi connectivity index (χ1) is 13.6. The molecule has 0 saturated carbocycles. The Kier molecular flexibility index (Phi) is 14.9. The van der Waals surface area contributed by atoms with E-state index in [-0.39, 0.29) is 11.9 Å². The van der Waals surface area contributed by atoms with E-state index in [1.54, 1.807) is 40.8 Å². The largest absolute Gasteiger partial charge is 0.462 e. The topological polar surface area (TPSA) is 71.1 Å². The minimum Gasteiger partial charge on any atom is -0.462 e. The van der Waals surface area contributed by atoms with Gasteiger partial charge in [-0.25, -0.2) is 9.59 Å². The predicted octanol–water partition coefficient (Wildman–Crippen LogP) is 1.77. The van der Waals surface area contributed by atoms with Gasteiger partial charge < -0.3 is 24.6 Å². The fourth-order valence-corrected chi connectivity index (χ4v) is 4.04. The van der Waals surface area contributed by atoms with Crippen molar-refractivity contribution in [2.45, 2.75) is 13.3 Å². The van der Waals surface area contributed by atoms with Crippen molar-refractivity contribution in [2.24, 2.45) is 0 Å². The summed E-state index contributed by atoms with van der Waals surface area (Å²) in [6.07, 6.45) is 7.19. The summed E-state index contributed by atoms with van der Waals surface area (Å²) in [7, 11) is 5.34. The molecule has 0 aromatic heterocycles. The van der Waals surface area contributed by atoms with Crippen LogP contribution in [-0.2, 0) is 19.1 Å². The first-order valence-corrected chi connectivity index (χ1v) is 12.1. The second-order valence-corrected chi connectivity index (χ2v) is 8.97. The summed E-state index contributed by atoms with van der Waals surface area (Å²) in [6.45, 7) is 9.00. The van der Waals surface area contributed by atoms with Gasteiger partial charge in [-0.15, -0.1) is 0 Å². The molecule has 1 rings (SSSR count). The Balaban J connectivity index is 1.87. The number of ether oxygens (including phenoxy) is 2. The summed E-state index contributed by atoms with van der Waals surface area (Å²) in [6, 6.07) is 0. The van der Waals surface area contributed by atoms with Gasteiger partial charge in [0, 0.05) is 62.6 Å². The number of rotatable bonds is 14. The number of allylic oxidation sites excluding steroid dienone is 1. The molecule has 1 heterocycles. The Morgan fingerprint density at radius 2 is 1.61 bits per heavy atom. The third-order valence-corrected chi connectivity index (χ3v) is 6.27. The van der Waals surface area contributed by atoms with Crippen molar-refractivity contribution >= 4 is 33.5 Å². The van der Waals surface area contributed by atoms with Crippen molar-refractivity contribution in [2.75, 3.05) is 71.0 Å². The maximum Gasteiger partial charge on any atom is 0.332 e. The highest BCUT2D eigenvalue weighted by molar-refractivity contribution is 8.76. The lowest BCUT2D eigenvalue weighted by Crippen LogP contribution is -2.45. The molecule has 0 aromatic rings. The molecule has 0 atom stereocenters. The van der Waals surface area contributed by atoms with E-state index in [1.165, 1.54) is 12.2 Å². The van der Waals surface area contributed by atoms with Gasteiger partial charge in [-0.1, -0.05) is 27.7 Å². The van der Waals surface area contributed by atoms with Gasteiger partial charge >= 0.3 is 11.9 Å². The summed E-state index contributed by atoms with van der Waals surface area (Å²) in [4.78, 5) is 27.5. The zero-order valence-corrected chi connectivity index (χ0v) is 18.6. The fourth-order valence-electron chi connectivity index (χ4n) is 2.39. The van der Waals surface area contributed by atoms with E-state index in [2.05, 4.69) is 22.2 Å². The first kappa shape index (κ1) is 24.9. The number of carbonyl (C=O) groups is 2. The van der Waals surface area contributed by atoms with E-state index < -0.39 is 0 Å². The molecular formula is C19H33N3O4S2. The lowest BCUT2D eigenvalue weighted by atomic mass is 10.3. The SMILES string of the molecule is C/C=C/C(=O)OCCSSCCOC(=O)/C=C/NCCCN1CCN(C)CC1. The highest BCUT2D eigenvalue weighted by Gasteiger charge is 2.12. The Hall–Kier alpha value is -1.16. The maximum absolute atomic E-state index is 11.6. The Bertz CT molecular complexity index is 496. The second-order valence-electron chi connectivity index (χ2n) is 6.26. The number of hydrogen-bond donors (Lipinski definition) is 1. The standard InChI is InChI=1S/C19H33N3O4S2/c1-3-5-18(23)25-14-16-27-28-17-15-26-19(24)6-8-20-7-4-9-22-12-10-21(2)11-13-22/h3,5-6,8,20H,4,7,9-17H2,1-2H3/b5-3+,8-6+. The van der Waals surface area contributed by atoms with Crippen LogP contribution < -0.4 is 5.32 Å². The van der Waals surface area contributed by atoms with Crippen LogP contribution in [0.3, 0.4) is 0 Å². The summed E-state index contributed by atoms with van der Waals surface area (Å²) in [5, 5.41) is 3.13. The van der Waals surface area contributed by atoms with Gasteiger partial charge in [-0.05, 0) is 26.9 Å². The summed E-state index contributed by atoms with van der Waals surface area (Å²) >= 11 is 0. The highest BCUT2D eigenvalue weighted by Crippen LogP contribution is 2.20. The third kappa shape index (κ3) is 13.9. The molecule has 0 amide bonds. The number of piperazine rings is 1. The number of nitrogens with zero attached hydrogens (tertiary/aromatic N) is 2. The smallest absolute Gasteiger partial charge is 0.332 e. The minimum absolute atomic E-state index is 0.318. The molecule has 9 heteroatoms. The Morgan fingerprint density at radius 3 is 2.21 bits per heavy atom. The molecule has 0 radical (unpaired) electrons. The first-order valence-electron chi connectivity index (χ1n) is 9.63. The molecule has 160 valence electrons. The number of nitrogens with one attached hydrogen (secondary N) is 1. The average molecular weight is 432 g/mol. The molecule has 1 saturated heterocycles. The van der Waals surface area contributed by atoms with Gasteiger partial charge in [0.15, 0.2) is 0 Å². The van der Waals surface area contributed by atoms with E-state index >= 15 is 0 Å². The lowest BCUT2D eigenvalue weighted by molar-refractivity contribution is -0.138. The number of carbonyl (C=O) groups excluding carboxylic acids is 2. The van der Waals surface area contributed by atoms with E-state index in [0.717, 1.165) is 45.7 Å². The van der Waals surface area contributed by atoms with Gasteiger partial charge in [0.25, 0.3) is 0 Å². The monoisotopic (exact) mass is 431 g/mol. The van der Waals surface area contributed by atoms with Gasteiger partial charge in [-0.2, -0.15) is 0 Å². The normalized spacial score (nSPS) is 15.9. The van der Waals surface area contributed by atoms with Crippen LogP contribution >= 0.6 is 21.6 Å². The molecule has 0 aliphatic carbocycles. The van der Waals surface area contributed by atoms with Crippen LogP contribution in [0.5, 0.6) is 0 Å². The van der Waals surface area contributed by atoms with Crippen LogP contribution in [0.4, 0.5) is 0 Å². The summed E-state index contributed by atoms with van der Waals surface area (Å²) in [5.41, 5.74) is 0. The highest BCUT2D eigenvalue weighted by atomic mass is 33.1. The van der Waals surface area contributed by atoms with Crippen LogP contribution in [0.1, 0.15) is 13.3 Å². The van der Waals surface area contributed by atoms with Crippen molar-refractivity contribution in [1.29, 1.82) is 0 Å². The molecule has 0 spiro atoms. The quantitative estimate of drug-likeness (QED) is 0.192. The van der Waals surface area contributed by atoms with Crippen molar-refractivity contribution in [1.82, 2.24) is 15.1 Å². The molecule has 28 heavy (non-hydrogen) atoms. The number of likely N-dealkylation sites (N-methyl/N-ethyl adjacent to an activating group) is 1. The van der Waals surface area contributed by atoms with Crippen LogP contribution in [-0.4, -0.2) is 92.8 Å². The maximum atomic E-state index is 11.6. The Morgan fingerprint density at radius 1 is 1.00 bits per heavy atom. The number of hydrogen-bond acceptors (Lipinski definition) is 9. The van der Waals surface area contributed by atoms with Gasteiger partial charge in [0.1, 0.15) is 13.2 Å². The molecule has 0 bridgehead atoms. The van der Waals surface area contributed by atoms with Gasteiger partial charge in [0.2, 0.25) is 0 Å². The average Bonchev–Trinajstić information content (AvgIpc) is 2.68. The Labute approximate surface area is 176 Å². The molecule has 1 aliphatic heterocycles. The van der Waals surface area contributed by atoms with Crippen molar-refractivity contribution in [3.63, 3.8) is 0 Å². The second kappa shape index (κ2) is 16.8. The molecule has 1 N–H and O–H groups in total. The third-order valence-electron chi connectivity index (χ3n) is 3.94. The summed E-state index contributed by atoms with van der Waals surface area (Å²) < 4.78 is 10.1. The van der Waals surface area contributed by atoms with Crippen LogP contribution in [0.25, 0.3) is 0 Å². The van der Waals surface area contributed by atoms with E-state index in [1.807, 2.05) is 0 Å². The molecule has 1 aliphatic rings. The van der Waals surface area contributed by atoms with Crippen molar-refractivity contribution in [3.05, 3.63) is 24.4 Å². The molecule has 0 unspecified atom stereocenters. The van der Waals surface area contributed by atoms with Crippen LogP contribution in [0.15, 0.2) is 24.4 Å². The minimum atomic E-state index is -0.336. The van der Waals surface area contributed by atoms with Crippen LogP contribution in [0, 0.1) is 0 Å². The molecule has 7 nitrogen and oxygen atoms in total. The predicted molar refractivity (Wildman–Crippen MR) is 117 cm³/mol. The molecular weight excluding hydrogens is 398 g/mol. The summed E-state index contributed by atoms with van der Waals surface area (Å²) in [5.74, 6) is 0.755. The van der Waals surface area contributed by atoms with Gasteiger partial charge in [0.05, 0.1) is 0 Å². The van der Waals surface area contributed by atoms with Crippen molar-refractivity contribution in [3.8, 4) is 0 Å². The van der Waals surface area contributed by atoms with Crippen molar-refractivity contribution < 1.29 is 19.1 Å².